The van der Waals surface area contributed by atoms with Gasteiger partial charge in [0.15, 0.2) is 51.3 Å². The Morgan fingerprint density at radius 2 is 0.774 bits per heavy atom. The number of benzene rings is 5. The number of halogens is 3. The molecule has 0 unspecified atom stereocenters. The summed E-state index contributed by atoms with van der Waals surface area (Å²) in [5.74, 6) is 5.07. The fourth-order valence-electron chi connectivity index (χ4n) is 15.8. The number of aromatic amines is 1. The number of nitrogen functional groups attached to an aromatic ring is 3. The lowest BCUT2D eigenvalue weighted by molar-refractivity contribution is 0.122. The average Bonchev–Trinajstić information content (AvgIpc) is 1.62. The molecule has 0 spiro atoms. The molecule has 0 bridgehead atoms. The molecule has 133 heavy (non-hydrogen) atoms. The van der Waals surface area contributed by atoms with Crippen molar-refractivity contribution >= 4 is 141 Å². The molecule has 18 aromatic rings. The number of anilines is 7. The standard InChI is InChI=1S/C19H22FN5O2.C18H19N7O.C16H17ClN6O.C16H19N5O.C15H16ClN5O.C7H9N5/c1-12(2)27-15-5-4-13(10-14(15)20)17-16-18(24(3)23-17)21-11-22-19(16)25-6-8-26-9-7-25;1-11-13-4-3-12(9-14(13)22-21-11)16-15-17(24(2)23-16)19-10-20-18(15)25-5-7-26-8-6-25;1-22-16-13(15(18)19-9-20-16)14(21-22)10-2-3-12(11(17)8-10)23-4-6-24-7-5-23;1-9(2)22-12-6-5-11(7-10(12)3)14-13-15(17)18-8-19-16(13)21(4)20-14;1-8(2)22-11-5-4-9(6-10(11)16)13-12-14(17)18-7-19-15(12)21(3)20-13;1-8-6-5-7(10-3-9-6)12(2)4-11-5/h4-5,10-12H,6-9H2,1-3H3;3-4,9-10H,5-8H2,1-2H3,(H,21,22);2-3,8-9H,4-7H2,1H3,(H2,18,19,20);5-9H,1-4H3,(H2,17,18,19);4-8H,1-3H3,(H2,17,18,19);3-4H,1-2H3,(H,8,9,10). The van der Waals surface area contributed by atoms with Crippen molar-refractivity contribution in [3.05, 3.63) is 162 Å². The molecule has 13 aromatic heterocycles. The number of aromatic nitrogens is 26. The maximum Gasteiger partial charge on any atom is 0.165 e. The second kappa shape index (κ2) is 39.9. The van der Waals surface area contributed by atoms with Gasteiger partial charge >= 0.3 is 0 Å². The van der Waals surface area contributed by atoms with Crippen LogP contribution in [0.25, 0.3) is 134 Å². The topological polar surface area (TPSA) is 445 Å². The largest absolute Gasteiger partial charge is 0.491 e. The second-order valence-corrected chi connectivity index (χ2v) is 33.2. The van der Waals surface area contributed by atoms with Gasteiger partial charge in [0, 0.05) is 127 Å². The number of hydrogen-bond acceptors (Lipinski definition) is 32. The Morgan fingerprint density at radius 1 is 0.406 bits per heavy atom. The van der Waals surface area contributed by atoms with E-state index in [-0.39, 0.29) is 24.1 Å². The van der Waals surface area contributed by atoms with Crippen LogP contribution in [-0.4, -0.2) is 233 Å². The Kier molecular flexibility index (Phi) is 27.5. The number of imidazole rings is 1. The summed E-state index contributed by atoms with van der Waals surface area (Å²) >= 11 is 12.8. The predicted octanol–water partition coefficient (Wildman–Crippen LogP) is 13.1. The van der Waals surface area contributed by atoms with Gasteiger partial charge in [0.25, 0.3) is 0 Å². The molecule has 0 aliphatic carbocycles. The van der Waals surface area contributed by atoms with Crippen LogP contribution in [-0.2, 0) is 56.5 Å². The first kappa shape index (κ1) is 91.6. The molecule has 16 heterocycles. The van der Waals surface area contributed by atoms with Gasteiger partial charge < -0.3 is 70.2 Å². The molecule has 39 nitrogen and oxygen atoms in total. The lowest BCUT2D eigenvalue weighted by Crippen LogP contribution is -2.36. The zero-order chi connectivity index (χ0) is 93.6. The minimum atomic E-state index is -0.412. The lowest BCUT2D eigenvalue weighted by atomic mass is 10.1. The highest BCUT2D eigenvalue weighted by Crippen LogP contribution is 2.41. The van der Waals surface area contributed by atoms with Gasteiger partial charge in [0.2, 0.25) is 0 Å². The average molecular weight is 1840 g/mol. The lowest BCUT2D eigenvalue weighted by Gasteiger charge is -2.29. The number of nitrogens with one attached hydrogen (secondary N) is 2. The van der Waals surface area contributed by atoms with Crippen LogP contribution in [0.1, 0.15) is 52.8 Å². The Balaban J connectivity index is 0.000000118. The summed E-state index contributed by atoms with van der Waals surface area (Å²) in [5.41, 5.74) is 35.5. The molecule has 42 heteroatoms. The van der Waals surface area contributed by atoms with Crippen molar-refractivity contribution in [2.24, 2.45) is 42.3 Å². The minimum absolute atomic E-state index is 0.0584. The molecular formula is C91H102Cl2FN33O6. The Labute approximate surface area is 773 Å². The number of ether oxygens (including phenoxy) is 6. The first-order chi connectivity index (χ1) is 64.2. The van der Waals surface area contributed by atoms with Crippen molar-refractivity contribution in [3.8, 4) is 73.5 Å². The summed E-state index contributed by atoms with van der Waals surface area (Å²) in [6.45, 7) is 24.7. The summed E-state index contributed by atoms with van der Waals surface area (Å²) < 4.78 is 58.3. The van der Waals surface area contributed by atoms with Crippen LogP contribution in [0.3, 0.4) is 0 Å². The zero-order valence-electron chi connectivity index (χ0n) is 76.3. The highest BCUT2D eigenvalue weighted by Gasteiger charge is 2.28. The van der Waals surface area contributed by atoms with Gasteiger partial charge in [0.05, 0.1) is 112 Å². The molecule has 3 saturated heterocycles. The van der Waals surface area contributed by atoms with Crippen molar-refractivity contribution in [3.63, 3.8) is 0 Å². The van der Waals surface area contributed by atoms with Gasteiger partial charge in [-0.05, 0) is 134 Å². The van der Waals surface area contributed by atoms with E-state index in [1.54, 1.807) is 43.8 Å². The van der Waals surface area contributed by atoms with Gasteiger partial charge in [-0.1, -0.05) is 41.4 Å². The molecule has 3 aliphatic heterocycles. The van der Waals surface area contributed by atoms with E-state index >= 15 is 0 Å². The van der Waals surface area contributed by atoms with E-state index in [2.05, 4.69) is 134 Å². The summed E-state index contributed by atoms with van der Waals surface area (Å²) in [6, 6.07) is 28.6. The van der Waals surface area contributed by atoms with Crippen LogP contribution in [0.4, 0.5) is 45.0 Å². The molecule has 688 valence electrons. The van der Waals surface area contributed by atoms with Crippen molar-refractivity contribution in [2.75, 3.05) is 123 Å². The third kappa shape index (κ3) is 19.6. The molecular weight excluding hydrogens is 1740 g/mol. The number of nitrogens with zero attached hydrogens (tertiary/aromatic N) is 28. The summed E-state index contributed by atoms with van der Waals surface area (Å²) in [6.07, 6.45) is 10.8. The van der Waals surface area contributed by atoms with Crippen molar-refractivity contribution in [1.82, 2.24) is 128 Å². The number of H-pyrrole nitrogens is 1. The molecule has 0 amide bonds. The number of aryl methyl sites for hydroxylation is 8. The quantitative estimate of drug-likeness (QED) is 0.0636. The summed E-state index contributed by atoms with van der Waals surface area (Å²) in [4.78, 5) is 61.8. The third-order valence-corrected chi connectivity index (χ3v) is 22.6. The fraction of sp³-hybridized carbons (Fsp3) is 0.330. The van der Waals surface area contributed by atoms with Crippen LogP contribution >= 0.6 is 23.2 Å². The van der Waals surface area contributed by atoms with Crippen molar-refractivity contribution in [1.29, 1.82) is 0 Å². The molecule has 3 fully saturated rings. The second-order valence-electron chi connectivity index (χ2n) is 32.3. The Bertz CT molecular complexity index is 7090. The van der Waals surface area contributed by atoms with Crippen LogP contribution in [0.15, 0.2) is 135 Å². The van der Waals surface area contributed by atoms with E-state index in [1.165, 1.54) is 31.4 Å². The maximum absolute atomic E-state index is 14.5. The van der Waals surface area contributed by atoms with Crippen molar-refractivity contribution in [2.45, 2.75) is 73.7 Å². The van der Waals surface area contributed by atoms with E-state index in [0.29, 0.717) is 93.6 Å². The number of morpholine rings is 3. The molecule has 21 rings (SSSR count). The summed E-state index contributed by atoms with van der Waals surface area (Å²) in [5, 5.41) is 39.7. The van der Waals surface area contributed by atoms with E-state index in [9.17, 15) is 4.39 Å². The van der Waals surface area contributed by atoms with Gasteiger partial charge in [-0.25, -0.2) is 92.6 Å². The molecule has 0 atom stereocenters. The van der Waals surface area contributed by atoms with Crippen LogP contribution in [0.2, 0.25) is 10.0 Å². The highest BCUT2D eigenvalue weighted by atomic mass is 35.5. The Hall–Kier alpha value is -14.7. The maximum atomic E-state index is 14.5. The van der Waals surface area contributed by atoms with E-state index in [0.717, 1.165) is 192 Å². The van der Waals surface area contributed by atoms with E-state index in [4.69, 9.17) is 73.9 Å². The minimum Gasteiger partial charge on any atom is -0.491 e. The van der Waals surface area contributed by atoms with Crippen molar-refractivity contribution < 1.29 is 32.8 Å². The first-order valence-electron chi connectivity index (χ1n) is 43.1. The predicted molar refractivity (Wildman–Crippen MR) is 513 cm³/mol. The normalized spacial score (nSPS) is 13.4. The number of rotatable bonds is 15. The highest BCUT2D eigenvalue weighted by molar-refractivity contribution is 6.33. The van der Waals surface area contributed by atoms with Crippen LogP contribution < -0.4 is 51.4 Å². The Morgan fingerprint density at radius 3 is 1.22 bits per heavy atom. The molecule has 8 N–H and O–H groups in total. The summed E-state index contributed by atoms with van der Waals surface area (Å²) in [7, 11) is 13.0. The van der Waals surface area contributed by atoms with Gasteiger partial charge in [0.1, 0.15) is 113 Å². The van der Waals surface area contributed by atoms with E-state index < -0.39 is 5.82 Å². The molecule has 0 radical (unpaired) electrons. The van der Waals surface area contributed by atoms with Gasteiger partial charge in [-0.2, -0.15) is 30.6 Å². The third-order valence-electron chi connectivity index (χ3n) is 22.0. The smallest absolute Gasteiger partial charge is 0.165 e. The monoisotopic (exact) mass is 1840 g/mol. The molecule has 5 aromatic carbocycles. The van der Waals surface area contributed by atoms with Crippen LogP contribution in [0.5, 0.6) is 17.2 Å². The number of hydrogen-bond donors (Lipinski definition) is 5. The van der Waals surface area contributed by atoms with E-state index in [1.807, 2.05) is 175 Å². The molecule has 0 saturated carbocycles. The first-order valence-corrected chi connectivity index (χ1v) is 43.8. The fourth-order valence-corrected chi connectivity index (χ4v) is 16.4. The zero-order valence-corrected chi connectivity index (χ0v) is 77.8. The number of nitrogens with two attached hydrogens (primary N) is 3. The van der Waals surface area contributed by atoms with Gasteiger partial charge in [-0.3, -0.25) is 5.10 Å². The van der Waals surface area contributed by atoms with Gasteiger partial charge in [-0.15, -0.1) is 0 Å². The number of fused-ring (bicyclic) bond motifs is 7. The SMILES string of the molecule is CC(C)Oc1ccc(-c2nn(C)c3ncnc(N)c23)cc1Cl.CC(C)Oc1ccc(-c2nn(C)c3ncnc(N4CCOCC4)c23)cc1F.CNc1ncnc2c1ncn2C.Cc1[nH]nc2cc(-c3nn(C)c4ncnc(N5CCOCC5)c34)ccc12.Cc1cc(-c2nn(C)c3ncnc(N)c23)ccc1OC(C)C.Cn1nc(-c2ccc(N3CCOCC3)c(Cl)c2)c2c(N)ncnc21. The molecule has 3 aliphatic rings. The van der Waals surface area contributed by atoms with Crippen LogP contribution in [0, 0.1) is 19.7 Å².